The second-order valence-corrected chi connectivity index (χ2v) is 10.0. The minimum Gasteiger partial charge on any atom is -0.368 e. The number of carbonyl (C=O) groups is 3. The normalized spacial score (nSPS) is 13.0. The van der Waals surface area contributed by atoms with Gasteiger partial charge in [-0.2, -0.15) is 0 Å². The summed E-state index contributed by atoms with van der Waals surface area (Å²) in [5.41, 5.74) is 2.58. The second kappa shape index (κ2) is 13.1. The van der Waals surface area contributed by atoms with Gasteiger partial charge < -0.3 is 20.0 Å². The molecule has 0 aromatic heterocycles. The van der Waals surface area contributed by atoms with Crippen molar-refractivity contribution in [3.05, 3.63) is 131 Å². The SMILES string of the molecule is O=C(CN(Cc1ccccc1)C(=O)c1cccc(F)c1)Nc1ccc(N2CCN(C(=O)c3ccccc3F)CC2)cc1. The van der Waals surface area contributed by atoms with Crippen molar-refractivity contribution in [2.24, 2.45) is 0 Å². The molecule has 1 fully saturated rings. The molecule has 1 heterocycles. The van der Waals surface area contributed by atoms with Gasteiger partial charge in [0, 0.05) is 49.7 Å². The molecule has 1 aliphatic rings. The van der Waals surface area contributed by atoms with Crippen LogP contribution in [0.25, 0.3) is 0 Å². The predicted octanol–water partition coefficient (Wildman–Crippen LogP) is 5.21. The maximum absolute atomic E-state index is 14.0. The summed E-state index contributed by atoms with van der Waals surface area (Å²) in [6, 6.07) is 28.0. The Hall–Kier alpha value is -5.05. The van der Waals surface area contributed by atoms with E-state index >= 15 is 0 Å². The second-order valence-electron chi connectivity index (χ2n) is 10.0. The Kier molecular flexibility index (Phi) is 8.87. The lowest BCUT2D eigenvalue weighted by atomic mass is 10.1. The summed E-state index contributed by atoms with van der Waals surface area (Å²) in [7, 11) is 0. The van der Waals surface area contributed by atoms with E-state index in [9.17, 15) is 23.2 Å². The molecule has 0 spiro atoms. The van der Waals surface area contributed by atoms with Gasteiger partial charge in [0.25, 0.3) is 11.8 Å². The Morgan fingerprint density at radius 3 is 2.14 bits per heavy atom. The van der Waals surface area contributed by atoms with E-state index in [1.807, 2.05) is 42.5 Å². The van der Waals surface area contributed by atoms with Gasteiger partial charge in [0.2, 0.25) is 5.91 Å². The number of piperazine rings is 1. The minimum atomic E-state index is -0.525. The van der Waals surface area contributed by atoms with Gasteiger partial charge in [-0.25, -0.2) is 8.78 Å². The number of nitrogens with one attached hydrogen (secondary N) is 1. The minimum absolute atomic E-state index is 0.0750. The highest BCUT2D eigenvalue weighted by Gasteiger charge is 2.24. The fraction of sp³-hybridized carbons (Fsp3) is 0.182. The molecule has 1 aliphatic heterocycles. The van der Waals surface area contributed by atoms with E-state index < -0.39 is 17.5 Å². The number of halogens is 2. The molecule has 1 saturated heterocycles. The Morgan fingerprint density at radius 1 is 0.762 bits per heavy atom. The quantitative estimate of drug-likeness (QED) is 0.317. The maximum Gasteiger partial charge on any atom is 0.256 e. The van der Waals surface area contributed by atoms with Crippen molar-refractivity contribution in [1.82, 2.24) is 9.80 Å². The molecule has 3 amide bonds. The molecule has 4 aromatic rings. The zero-order chi connectivity index (χ0) is 29.5. The third kappa shape index (κ3) is 6.98. The van der Waals surface area contributed by atoms with Crippen LogP contribution in [0.1, 0.15) is 26.3 Å². The number of hydrogen-bond donors (Lipinski definition) is 1. The van der Waals surface area contributed by atoms with Crippen LogP contribution in [0.3, 0.4) is 0 Å². The third-order valence-electron chi connectivity index (χ3n) is 7.10. The van der Waals surface area contributed by atoms with Crippen molar-refractivity contribution >= 4 is 29.1 Å². The van der Waals surface area contributed by atoms with E-state index in [2.05, 4.69) is 10.2 Å². The van der Waals surface area contributed by atoms with Crippen molar-refractivity contribution < 1.29 is 23.2 Å². The highest BCUT2D eigenvalue weighted by atomic mass is 19.1. The average Bonchev–Trinajstić information content (AvgIpc) is 3.01. The van der Waals surface area contributed by atoms with E-state index in [4.69, 9.17) is 0 Å². The topological polar surface area (TPSA) is 73.0 Å². The number of rotatable bonds is 8. The monoisotopic (exact) mass is 568 g/mol. The van der Waals surface area contributed by atoms with Crippen molar-refractivity contribution in [2.45, 2.75) is 6.54 Å². The molecule has 1 N–H and O–H groups in total. The molecule has 0 atom stereocenters. The first-order valence-electron chi connectivity index (χ1n) is 13.6. The Bertz CT molecular complexity index is 1560. The van der Waals surface area contributed by atoms with Crippen molar-refractivity contribution in [1.29, 1.82) is 0 Å². The fourth-order valence-corrected chi connectivity index (χ4v) is 4.91. The molecule has 7 nitrogen and oxygen atoms in total. The van der Waals surface area contributed by atoms with Crippen molar-refractivity contribution in [2.75, 3.05) is 42.9 Å². The van der Waals surface area contributed by atoms with Crippen molar-refractivity contribution in [3.8, 4) is 0 Å². The molecule has 5 rings (SSSR count). The van der Waals surface area contributed by atoms with E-state index in [0.29, 0.717) is 31.9 Å². The zero-order valence-corrected chi connectivity index (χ0v) is 22.9. The van der Waals surface area contributed by atoms with Crippen molar-refractivity contribution in [3.63, 3.8) is 0 Å². The number of carbonyl (C=O) groups excluding carboxylic acids is 3. The van der Waals surface area contributed by atoms with Gasteiger partial charge in [0.05, 0.1) is 5.56 Å². The Labute approximate surface area is 243 Å². The Balaban J connectivity index is 1.19. The molecule has 0 bridgehead atoms. The van der Waals surface area contributed by atoms with Crippen LogP contribution >= 0.6 is 0 Å². The summed E-state index contributed by atoms with van der Waals surface area (Å²) < 4.78 is 27.8. The van der Waals surface area contributed by atoms with Gasteiger partial charge in [0.1, 0.15) is 18.2 Å². The van der Waals surface area contributed by atoms with Crippen LogP contribution in [0.5, 0.6) is 0 Å². The summed E-state index contributed by atoms with van der Waals surface area (Å²) in [6.07, 6.45) is 0. The van der Waals surface area contributed by atoms with Crippen LogP contribution in [0, 0.1) is 11.6 Å². The molecule has 0 aliphatic carbocycles. The molecule has 0 radical (unpaired) electrons. The molecule has 42 heavy (non-hydrogen) atoms. The maximum atomic E-state index is 14.0. The van der Waals surface area contributed by atoms with Gasteiger partial charge in [0.15, 0.2) is 0 Å². The summed E-state index contributed by atoms with van der Waals surface area (Å²) in [5, 5.41) is 2.84. The van der Waals surface area contributed by atoms with Gasteiger partial charge in [-0.1, -0.05) is 48.5 Å². The number of amides is 3. The highest BCUT2D eigenvalue weighted by molar-refractivity contribution is 5.99. The molecular formula is C33H30F2N4O3. The fourth-order valence-electron chi connectivity index (χ4n) is 4.91. The predicted molar refractivity (Wildman–Crippen MR) is 157 cm³/mol. The van der Waals surface area contributed by atoms with Gasteiger partial charge in [-0.15, -0.1) is 0 Å². The highest BCUT2D eigenvalue weighted by Crippen LogP contribution is 2.21. The number of anilines is 2. The van der Waals surface area contributed by atoms with E-state index in [-0.39, 0.29) is 36.0 Å². The standard InChI is InChI=1S/C33H30F2N4O3/c34-26-10-6-9-25(21-26)32(41)39(22-24-7-2-1-3-8-24)23-31(40)36-27-13-15-28(16-14-27)37-17-19-38(20-18-37)33(42)29-11-4-5-12-30(29)35/h1-16,21H,17-20,22-23H2,(H,36,40). The van der Waals surface area contributed by atoms with Gasteiger partial charge in [-0.05, 0) is 60.2 Å². The molecule has 9 heteroatoms. The van der Waals surface area contributed by atoms with E-state index in [0.717, 1.165) is 17.3 Å². The first-order chi connectivity index (χ1) is 20.4. The molecule has 0 unspecified atom stereocenters. The van der Waals surface area contributed by atoms with Crippen LogP contribution in [0.15, 0.2) is 103 Å². The first kappa shape index (κ1) is 28.5. The van der Waals surface area contributed by atoms with Crippen LogP contribution in [0.2, 0.25) is 0 Å². The largest absolute Gasteiger partial charge is 0.368 e. The van der Waals surface area contributed by atoms with Crippen LogP contribution in [-0.4, -0.2) is 60.2 Å². The van der Waals surface area contributed by atoms with E-state index in [1.54, 1.807) is 29.2 Å². The third-order valence-corrected chi connectivity index (χ3v) is 7.10. The summed E-state index contributed by atoms with van der Waals surface area (Å²) in [6.45, 7) is 2.06. The summed E-state index contributed by atoms with van der Waals surface area (Å²) >= 11 is 0. The first-order valence-corrected chi connectivity index (χ1v) is 13.6. The lowest BCUT2D eigenvalue weighted by Gasteiger charge is -2.36. The van der Waals surface area contributed by atoms with Gasteiger partial charge >= 0.3 is 0 Å². The lowest BCUT2D eigenvalue weighted by Crippen LogP contribution is -2.49. The van der Waals surface area contributed by atoms with Crippen LogP contribution in [0.4, 0.5) is 20.2 Å². The molecule has 4 aromatic carbocycles. The zero-order valence-electron chi connectivity index (χ0n) is 22.9. The molecule has 0 saturated carbocycles. The average molecular weight is 569 g/mol. The lowest BCUT2D eigenvalue weighted by molar-refractivity contribution is -0.117. The number of nitrogens with zero attached hydrogens (tertiary/aromatic N) is 3. The van der Waals surface area contributed by atoms with E-state index in [1.165, 1.54) is 35.2 Å². The molecule has 214 valence electrons. The van der Waals surface area contributed by atoms with Gasteiger partial charge in [-0.3, -0.25) is 14.4 Å². The number of benzene rings is 4. The summed E-state index contributed by atoms with van der Waals surface area (Å²) in [4.78, 5) is 44.1. The van der Waals surface area contributed by atoms with Crippen LogP contribution < -0.4 is 10.2 Å². The Morgan fingerprint density at radius 2 is 1.45 bits per heavy atom. The molecular weight excluding hydrogens is 538 g/mol. The summed E-state index contributed by atoms with van der Waals surface area (Å²) in [5.74, 6) is -2.20. The smallest absolute Gasteiger partial charge is 0.256 e. The van der Waals surface area contributed by atoms with Crippen LogP contribution in [-0.2, 0) is 11.3 Å². The number of hydrogen-bond acceptors (Lipinski definition) is 4.